The predicted molar refractivity (Wildman–Crippen MR) is 131 cm³/mol. The van der Waals surface area contributed by atoms with E-state index in [1.54, 1.807) is 6.07 Å². The maximum absolute atomic E-state index is 14.2. The van der Waals surface area contributed by atoms with Gasteiger partial charge in [-0.2, -0.15) is 18.2 Å². The number of nitrogens with zero attached hydrogens (tertiary/aromatic N) is 4. The second-order valence-corrected chi connectivity index (χ2v) is 11.2. The van der Waals surface area contributed by atoms with Crippen LogP contribution < -0.4 is 10.5 Å². The van der Waals surface area contributed by atoms with Crippen molar-refractivity contribution >= 4 is 48.2 Å². The molecule has 13 heteroatoms. The van der Waals surface area contributed by atoms with Gasteiger partial charge in [0.2, 0.25) is 0 Å². The third-order valence-electron chi connectivity index (χ3n) is 6.84. The van der Waals surface area contributed by atoms with Crippen molar-refractivity contribution in [1.29, 1.82) is 0 Å². The summed E-state index contributed by atoms with van der Waals surface area (Å²) >= 11 is 4.12. The van der Waals surface area contributed by atoms with E-state index in [0.717, 1.165) is 37.3 Å². The largest absolute Gasteiger partial charge is 0.416 e. The lowest BCUT2D eigenvalue weighted by atomic mass is 9.72. The molecule has 0 saturated carbocycles. The highest BCUT2D eigenvalue weighted by atomic mass is 79.9. The van der Waals surface area contributed by atoms with Gasteiger partial charge in [-0.25, -0.2) is 4.39 Å². The summed E-state index contributed by atoms with van der Waals surface area (Å²) in [4.78, 5) is 31.2. The minimum Gasteiger partial charge on any atom is -0.348 e. The number of hydrogen-bond acceptors (Lipinski definition) is 7. The molecule has 1 aromatic heterocycles. The summed E-state index contributed by atoms with van der Waals surface area (Å²) in [5, 5.41) is 11.4. The minimum absolute atomic E-state index is 0.0672. The van der Waals surface area contributed by atoms with Crippen molar-refractivity contribution in [2.75, 3.05) is 31.1 Å². The summed E-state index contributed by atoms with van der Waals surface area (Å²) in [7, 11) is 0. The fraction of sp³-hybridized carbons (Fsp3) is 0.391. The van der Waals surface area contributed by atoms with Crippen molar-refractivity contribution in [2.45, 2.75) is 25.6 Å². The molecule has 2 aromatic carbocycles. The molecule has 0 radical (unpaired) electrons. The Bertz CT molecular complexity index is 1410. The van der Waals surface area contributed by atoms with E-state index in [4.69, 9.17) is 0 Å². The van der Waals surface area contributed by atoms with Crippen molar-refractivity contribution in [3.05, 3.63) is 72.2 Å². The van der Waals surface area contributed by atoms with Gasteiger partial charge in [0.25, 0.3) is 11.2 Å². The molecule has 190 valence electrons. The number of hydrogen-bond donors (Lipinski definition) is 0. The van der Waals surface area contributed by atoms with Crippen LogP contribution in [0.15, 0.2) is 39.6 Å². The van der Waals surface area contributed by atoms with Crippen molar-refractivity contribution in [2.24, 2.45) is 5.41 Å². The molecule has 36 heavy (non-hydrogen) atoms. The molecule has 0 atom stereocenters. The zero-order valence-electron chi connectivity index (χ0n) is 18.6. The lowest BCUT2D eigenvalue weighted by Crippen LogP contribution is -2.59. The maximum Gasteiger partial charge on any atom is 0.416 e. The van der Waals surface area contributed by atoms with E-state index in [1.807, 2.05) is 11.0 Å². The number of piperidine rings is 1. The smallest absolute Gasteiger partial charge is 0.348 e. The summed E-state index contributed by atoms with van der Waals surface area (Å²) in [6.45, 7) is 3.25. The number of fused-ring (bicyclic) bond motifs is 1. The number of nitro groups is 1. The van der Waals surface area contributed by atoms with Crippen molar-refractivity contribution in [3.63, 3.8) is 0 Å². The van der Waals surface area contributed by atoms with Gasteiger partial charge >= 0.3 is 6.18 Å². The standard InChI is InChI=1S/C23H19BrF4N4O3S/c24-15-2-1-13(17(25)9-15)10-30-11-22(12-30)3-5-31(6-4-22)21-29-20(33)16-7-14(23(26,27)28)8-18(32(34)35)19(16)36-21/h1-2,7-9H,3-6,10-12H2. The van der Waals surface area contributed by atoms with Gasteiger partial charge in [-0.3, -0.25) is 19.8 Å². The Morgan fingerprint density at radius 2 is 1.86 bits per heavy atom. The number of non-ortho nitro benzene ring substituents is 1. The van der Waals surface area contributed by atoms with Gasteiger partial charge in [0.1, 0.15) is 10.5 Å². The molecule has 5 rings (SSSR count). The van der Waals surface area contributed by atoms with Crippen molar-refractivity contribution < 1.29 is 22.5 Å². The molecule has 0 aliphatic carbocycles. The summed E-state index contributed by atoms with van der Waals surface area (Å²) in [6.07, 6.45) is -3.24. The number of benzene rings is 2. The van der Waals surface area contributed by atoms with Crippen LogP contribution in [-0.4, -0.2) is 41.0 Å². The van der Waals surface area contributed by atoms with Gasteiger partial charge in [0.15, 0.2) is 5.13 Å². The molecule has 0 unspecified atom stereocenters. The maximum atomic E-state index is 14.2. The third kappa shape index (κ3) is 4.71. The van der Waals surface area contributed by atoms with Crippen molar-refractivity contribution in [3.8, 4) is 0 Å². The summed E-state index contributed by atoms with van der Waals surface area (Å²) in [5.74, 6) is -0.256. The number of anilines is 1. The third-order valence-corrected chi connectivity index (χ3v) is 8.49. The quantitative estimate of drug-likeness (QED) is 0.225. The zero-order chi connectivity index (χ0) is 25.8. The lowest BCUT2D eigenvalue weighted by Gasteiger charge is -2.54. The Morgan fingerprint density at radius 3 is 2.47 bits per heavy atom. The molecule has 3 aromatic rings. The molecule has 0 bridgehead atoms. The van der Waals surface area contributed by atoms with E-state index in [0.29, 0.717) is 41.8 Å². The summed E-state index contributed by atoms with van der Waals surface area (Å²) < 4.78 is 54.3. The average Bonchev–Trinajstić information content (AvgIpc) is 2.78. The van der Waals surface area contributed by atoms with E-state index in [2.05, 4.69) is 25.8 Å². The number of alkyl halides is 3. The van der Waals surface area contributed by atoms with Gasteiger partial charge in [0.05, 0.1) is 15.9 Å². The summed E-state index contributed by atoms with van der Waals surface area (Å²) in [6, 6.07) is 6.10. The molecule has 2 aliphatic heterocycles. The predicted octanol–water partition coefficient (Wildman–Crippen LogP) is 5.59. The van der Waals surface area contributed by atoms with Crippen LogP contribution in [0.3, 0.4) is 0 Å². The van der Waals surface area contributed by atoms with E-state index in [1.165, 1.54) is 6.07 Å². The number of aromatic nitrogens is 1. The van der Waals surface area contributed by atoms with Crippen LogP contribution in [0, 0.1) is 21.3 Å². The molecule has 7 nitrogen and oxygen atoms in total. The van der Waals surface area contributed by atoms with E-state index in [-0.39, 0.29) is 21.1 Å². The Kier molecular flexibility index (Phi) is 6.28. The fourth-order valence-electron chi connectivity index (χ4n) is 4.97. The number of halogens is 5. The van der Waals surface area contributed by atoms with Gasteiger partial charge in [-0.15, -0.1) is 0 Å². The number of likely N-dealkylation sites (tertiary alicyclic amines) is 1. The Labute approximate surface area is 214 Å². The Balaban J connectivity index is 1.31. The van der Waals surface area contributed by atoms with Crippen LogP contribution >= 0.6 is 27.3 Å². The van der Waals surface area contributed by atoms with Gasteiger partial charge < -0.3 is 4.90 Å². The first-order valence-corrected chi connectivity index (χ1v) is 12.7. The molecular weight excluding hydrogens is 568 g/mol. The monoisotopic (exact) mass is 586 g/mol. The first kappa shape index (κ1) is 25.0. The van der Waals surface area contributed by atoms with E-state index in [9.17, 15) is 32.5 Å². The fourth-order valence-corrected chi connectivity index (χ4v) is 6.42. The SMILES string of the molecule is O=c1nc(N2CCC3(CC2)CN(Cc2ccc(Br)cc2F)C3)sc2c([N+](=O)[O-])cc(C(F)(F)F)cc12. The first-order chi connectivity index (χ1) is 16.9. The van der Waals surface area contributed by atoms with Crippen molar-refractivity contribution in [1.82, 2.24) is 9.88 Å². The van der Waals surface area contributed by atoms with Crippen LogP contribution in [0.5, 0.6) is 0 Å². The molecule has 2 fully saturated rings. The molecule has 3 heterocycles. The van der Waals surface area contributed by atoms with Crippen LogP contribution in [0.2, 0.25) is 0 Å². The molecule has 1 spiro atoms. The van der Waals surface area contributed by atoms with Crippen LogP contribution in [0.25, 0.3) is 10.1 Å². The normalized spacial score (nSPS) is 18.0. The molecule has 0 amide bonds. The van der Waals surface area contributed by atoms with Crippen LogP contribution in [-0.2, 0) is 12.7 Å². The Morgan fingerprint density at radius 1 is 1.17 bits per heavy atom. The topological polar surface area (TPSA) is 79.6 Å². The second kappa shape index (κ2) is 9.03. The van der Waals surface area contributed by atoms with Crippen LogP contribution in [0.4, 0.5) is 28.4 Å². The second-order valence-electron chi connectivity index (χ2n) is 9.30. The minimum atomic E-state index is -4.82. The molecular formula is C23H19BrF4N4O3S. The Hall–Kier alpha value is -2.64. The van der Waals surface area contributed by atoms with Gasteiger partial charge in [-0.05, 0) is 36.5 Å². The molecule has 2 saturated heterocycles. The van der Waals surface area contributed by atoms with Crippen LogP contribution in [0.1, 0.15) is 24.0 Å². The highest BCUT2D eigenvalue weighted by Gasteiger charge is 2.45. The molecule has 0 N–H and O–H groups in total. The highest BCUT2D eigenvalue weighted by molar-refractivity contribution is 9.10. The first-order valence-electron chi connectivity index (χ1n) is 11.1. The number of nitro benzene ring substituents is 1. The average molecular weight is 587 g/mol. The van der Waals surface area contributed by atoms with E-state index >= 15 is 0 Å². The van der Waals surface area contributed by atoms with Gasteiger partial charge in [-0.1, -0.05) is 33.3 Å². The lowest BCUT2D eigenvalue weighted by molar-refractivity contribution is -0.383. The number of rotatable bonds is 4. The molecule has 2 aliphatic rings. The zero-order valence-corrected chi connectivity index (χ0v) is 21.1. The summed E-state index contributed by atoms with van der Waals surface area (Å²) in [5.41, 5.74) is -2.23. The van der Waals surface area contributed by atoms with E-state index < -0.39 is 33.3 Å². The van der Waals surface area contributed by atoms with Gasteiger partial charge in [0, 0.05) is 48.8 Å². The highest BCUT2D eigenvalue weighted by Crippen LogP contribution is 2.43.